The number of benzene rings is 2. The van der Waals surface area contributed by atoms with Crippen molar-refractivity contribution < 1.29 is 27.3 Å². The third-order valence-corrected chi connectivity index (χ3v) is 3.94. The first kappa shape index (κ1) is 20.2. The fourth-order valence-corrected chi connectivity index (χ4v) is 2.39. The number of nitrogens with one attached hydrogen (secondary N) is 1. The van der Waals surface area contributed by atoms with E-state index >= 15 is 0 Å². The van der Waals surface area contributed by atoms with Gasteiger partial charge in [-0.3, -0.25) is 4.79 Å². The van der Waals surface area contributed by atoms with Crippen LogP contribution in [0.5, 0.6) is 5.75 Å². The zero-order valence-corrected chi connectivity index (χ0v) is 15.3. The van der Waals surface area contributed by atoms with Gasteiger partial charge in [-0.2, -0.15) is 18.3 Å². The van der Waals surface area contributed by atoms with Gasteiger partial charge in [0.15, 0.2) is 5.76 Å². The van der Waals surface area contributed by atoms with Gasteiger partial charge in [-0.1, -0.05) is 17.3 Å². The molecule has 0 aliphatic rings. The predicted octanol–water partition coefficient (Wildman–Crippen LogP) is 4.51. The zero-order valence-electron chi connectivity index (χ0n) is 15.3. The van der Waals surface area contributed by atoms with Gasteiger partial charge in [-0.15, -0.1) is 0 Å². The average molecular weight is 406 g/mol. The molecule has 0 aliphatic carbocycles. The van der Waals surface area contributed by atoms with Crippen molar-refractivity contribution in [3.05, 3.63) is 87.4 Å². The summed E-state index contributed by atoms with van der Waals surface area (Å²) in [5.41, 5.74) is 0.928. The number of alkyl halides is 3. The first-order valence-corrected chi connectivity index (χ1v) is 8.54. The lowest BCUT2D eigenvalue weighted by Crippen LogP contribution is -2.04. The number of ether oxygens (including phenoxy) is 1. The molecule has 0 unspecified atom stereocenters. The van der Waals surface area contributed by atoms with E-state index in [1.54, 1.807) is 31.2 Å². The van der Waals surface area contributed by atoms with Crippen LogP contribution in [-0.2, 0) is 24.2 Å². The highest BCUT2D eigenvalue weighted by atomic mass is 19.4. The Morgan fingerprint density at radius 3 is 2.34 bits per heavy atom. The summed E-state index contributed by atoms with van der Waals surface area (Å²) >= 11 is 0. The second-order valence-electron chi connectivity index (χ2n) is 6.14. The van der Waals surface area contributed by atoms with Crippen molar-refractivity contribution in [3.8, 4) is 5.75 Å². The van der Waals surface area contributed by atoms with Gasteiger partial charge >= 0.3 is 6.18 Å². The van der Waals surface area contributed by atoms with E-state index in [1.165, 1.54) is 18.2 Å². The van der Waals surface area contributed by atoms with E-state index in [4.69, 9.17) is 14.1 Å². The minimum absolute atomic E-state index is 0.0541. The van der Waals surface area contributed by atoms with E-state index < -0.39 is 11.7 Å². The average Bonchev–Trinajstić information content (AvgIpc) is 3.11. The second kappa shape index (κ2) is 8.68. The van der Waals surface area contributed by atoms with Crippen LogP contribution in [0.1, 0.15) is 29.4 Å². The summed E-state index contributed by atoms with van der Waals surface area (Å²) in [6, 6.07) is 13.0. The summed E-state index contributed by atoms with van der Waals surface area (Å²) in [7, 11) is 0. The molecule has 0 fully saturated rings. The first-order chi connectivity index (χ1) is 13.8. The molecule has 152 valence electrons. The highest BCUT2D eigenvalue weighted by Gasteiger charge is 2.29. The van der Waals surface area contributed by atoms with Gasteiger partial charge in [-0.25, -0.2) is 0 Å². The highest BCUT2D eigenvalue weighted by molar-refractivity contribution is 5.98. The molecule has 3 rings (SSSR count). The number of aromatic nitrogens is 1. The molecule has 0 spiro atoms. The molecule has 2 aromatic carbocycles. The number of hydrogen-bond acceptors (Lipinski definition) is 5. The lowest BCUT2D eigenvalue weighted by atomic mass is 10.1. The molecule has 0 saturated carbocycles. The number of hydrogen-bond donors (Lipinski definition) is 1. The van der Waals surface area contributed by atoms with E-state index in [9.17, 15) is 18.0 Å². The molecular weight excluding hydrogens is 389 g/mol. The molecule has 0 radical (unpaired) electrons. The van der Waals surface area contributed by atoms with Gasteiger partial charge < -0.3 is 14.1 Å². The standard InChI is InChI=1S/C20H17F3N2O4/c1-13(24-28-11-14-2-6-16(7-3-14)20(21,22)23)15-4-8-17(9-5-15)27-12-18-10-19(26)25-29-18/h2-10H,11-12H2,1H3,(H,25,26). The summed E-state index contributed by atoms with van der Waals surface area (Å²) in [5, 5.41) is 6.17. The molecule has 0 saturated heterocycles. The van der Waals surface area contributed by atoms with Crippen LogP contribution in [0, 0.1) is 0 Å². The maximum Gasteiger partial charge on any atom is 0.416 e. The van der Waals surface area contributed by atoms with Crippen molar-refractivity contribution >= 4 is 5.71 Å². The van der Waals surface area contributed by atoms with Gasteiger partial charge in [0.2, 0.25) is 0 Å². The summed E-state index contributed by atoms with van der Waals surface area (Å²) in [6.07, 6.45) is -4.36. The van der Waals surface area contributed by atoms with Gasteiger partial charge in [0.1, 0.15) is 19.0 Å². The Bertz CT molecular complexity index is 1020. The predicted molar refractivity (Wildman–Crippen MR) is 98.5 cm³/mol. The number of halogens is 3. The fraction of sp³-hybridized carbons (Fsp3) is 0.200. The summed E-state index contributed by atoms with van der Waals surface area (Å²) in [4.78, 5) is 16.2. The van der Waals surface area contributed by atoms with Crippen molar-refractivity contribution in [1.29, 1.82) is 0 Å². The number of nitrogens with zero attached hydrogens (tertiary/aromatic N) is 1. The van der Waals surface area contributed by atoms with Crippen LogP contribution < -0.4 is 10.3 Å². The maximum atomic E-state index is 12.5. The molecule has 29 heavy (non-hydrogen) atoms. The normalized spacial score (nSPS) is 12.1. The minimum atomic E-state index is -4.36. The van der Waals surface area contributed by atoms with E-state index in [0.717, 1.165) is 17.7 Å². The van der Waals surface area contributed by atoms with Crippen molar-refractivity contribution in [2.24, 2.45) is 5.16 Å². The topological polar surface area (TPSA) is 76.8 Å². The van der Waals surface area contributed by atoms with Crippen LogP contribution in [0.3, 0.4) is 0 Å². The van der Waals surface area contributed by atoms with Gasteiger partial charge in [-0.05, 0) is 54.4 Å². The Morgan fingerprint density at radius 2 is 1.76 bits per heavy atom. The van der Waals surface area contributed by atoms with E-state index in [2.05, 4.69) is 10.3 Å². The fourth-order valence-electron chi connectivity index (χ4n) is 2.39. The number of H-pyrrole nitrogens is 1. The Balaban J connectivity index is 1.52. The summed E-state index contributed by atoms with van der Waals surface area (Å²) in [6.45, 7) is 1.91. The van der Waals surface area contributed by atoms with Crippen LogP contribution in [-0.4, -0.2) is 10.9 Å². The Morgan fingerprint density at radius 1 is 1.07 bits per heavy atom. The SMILES string of the molecule is CC(=NOCc1ccc(C(F)(F)F)cc1)c1ccc(OCc2cc(=O)[nH]o2)cc1. The van der Waals surface area contributed by atoms with Crippen molar-refractivity contribution in [3.63, 3.8) is 0 Å². The van der Waals surface area contributed by atoms with Crippen molar-refractivity contribution in [2.45, 2.75) is 26.3 Å². The van der Waals surface area contributed by atoms with Gasteiger partial charge in [0.05, 0.1) is 17.3 Å². The molecule has 6 nitrogen and oxygen atoms in total. The van der Waals surface area contributed by atoms with Crippen LogP contribution in [0.15, 0.2) is 69.1 Å². The number of aromatic amines is 1. The Kier molecular flexibility index (Phi) is 6.06. The molecular formula is C20H17F3N2O4. The lowest BCUT2D eigenvalue weighted by Gasteiger charge is -2.08. The molecule has 1 heterocycles. The molecule has 1 aromatic heterocycles. The number of rotatable bonds is 7. The molecule has 1 N–H and O–H groups in total. The zero-order chi connectivity index (χ0) is 20.9. The number of oxime groups is 1. The lowest BCUT2D eigenvalue weighted by molar-refractivity contribution is -0.137. The monoisotopic (exact) mass is 406 g/mol. The summed E-state index contributed by atoms with van der Waals surface area (Å²) < 4.78 is 48.1. The second-order valence-corrected chi connectivity index (χ2v) is 6.14. The van der Waals surface area contributed by atoms with Gasteiger partial charge in [0.25, 0.3) is 5.56 Å². The molecule has 0 amide bonds. The van der Waals surface area contributed by atoms with Crippen LogP contribution in [0.2, 0.25) is 0 Å². The summed E-state index contributed by atoms with van der Waals surface area (Å²) in [5.74, 6) is 0.963. The van der Waals surface area contributed by atoms with E-state index in [1.807, 2.05) is 0 Å². The Hall–Kier alpha value is -3.49. The maximum absolute atomic E-state index is 12.5. The smallest absolute Gasteiger partial charge is 0.416 e. The first-order valence-electron chi connectivity index (χ1n) is 8.54. The van der Waals surface area contributed by atoms with Crippen LogP contribution >= 0.6 is 0 Å². The minimum Gasteiger partial charge on any atom is -0.486 e. The molecule has 9 heteroatoms. The third-order valence-electron chi connectivity index (χ3n) is 3.94. The van der Waals surface area contributed by atoms with E-state index in [0.29, 0.717) is 22.8 Å². The van der Waals surface area contributed by atoms with Crippen molar-refractivity contribution in [2.75, 3.05) is 0 Å². The largest absolute Gasteiger partial charge is 0.486 e. The molecule has 0 aliphatic heterocycles. The highest BCUT2D eigenvalue weighted by Crippen LogP contribution is 2.29. The Labute approximate surface area is 163 Å². The third kappa shape index (κ3) is 5.74. The molecule has 3 aromatic rings. The molecule has 0 bridgehead atoms. The molecule has 0 atom stereocenters. The van der Waals surface area contributed by atoms with Crippen molar-refractivity contribution in [1.82, 2.24) is 5.16 Å². The van der Waals surface area contributed by atoms with Crippen LogP contribution in [0.25, 0.3) is 0 Å². The van der Waals surface area contributed by atoms with E-state index in [-0.39, 0.29) is 18.8 Å². The quantitative estimate of drug-likeness (QED) is 0.463. The van der Waals surface area contributed by atoms with Crippen LogP contribution in [0.4, 0.5) is 13.2 Å². The van der Waals surface area contributed by atoms with Gasteiger partial charge in [0, 0.05) is 0 Å².